The number of hydrogen-bond donors (Lipinski definition) is 1. The van der Waals surface area contributed by atoms with Crippen LogP contribution in [0.25, 0.3) is 0 Å². The summed E-state index contributed by atoms with van der Waals surface area (Å²) >= 11 is 3.48. The maximum absolute atomic E-state index is 13.8. The van der Waals surface area contributed by atoms with Gasteiger partial charge < -0.3 is 5.32 Å². The number of halogens is 3. The van der Waals surface area contributed by atoms with E-state index in [1.165, 1.54) is 12.1 Å². The molecule has 0 amide bonds. The molecule has 1 unspecified atom stereocenters. The third kappa shape index (κ3) is 4.11. The number of hydrogen-bond acceptors (Lipinski definition) is 1. The van der Waals surface area contributed by atoms with Gasteiger partial charge in [0, 0.05) is 16.6 Å². The first-order chi connectivity index (χ1) is 10.0. The Labute approximate surface area is 132 Å². The molecule has 21 heavy (non-hydrogen) atoms. The van der Waals surface area contributed by atoms with Gasteiger partial charge in [-0.2, -0.15) is 0 Å². The molecule has 0 saturated carbocycles. The van der Waals surface area contributed by atoms with Crippen molar-refractivity contribution in [2.45, 2.75) is 26.3 Å². The van der Waals surface area contributed by atoms with Gasteiger partial charge in [0.1, 0.15) is 11.6 Å². The quantitative estimate of drug-likeness (QED) is 0.803. The minimum atomic E-state index is -0.546. The number of nitrogens with one attached hydrogen (secondary N) is 1. The fraction of sp³-hybridized carbons (Fsp3) is 0.294. The molecule has 4 heteroatoms. The Kier molecular flexibility index (Phi) is 5.48. The van der Waals surface area contributed by atoms with E-state index in [2.05, 4.69) is 27.3 Å². The molecule has 0 bridgehead atoms. The summed E-state index contributed by atoms with van der Waals surface area (Å²) in [6, 6.07) is 9.85. The average molecular weight is 354 g/mol. The molecule has 0 spiro atoms. The Bertz CT molecular complexity index is 628. The van der Waals surface area contributed by atoms with Gasteiger partial charge in [-0.15, -0.1) is 0 Å². The van der Waals surface area contributed by atoms with Gasteiger partial charge in [-0.1, -0.05) is 41.1 Å². The van der Waals surface area contributed by atoms with Crippen LogP contribution in [0.2, 0.25) is 0 Å². The van der Waals surface area contributed by atoms with E-state index in [0.717, 1.165) is 28.2 Å². The van der Waals surface area contributed by atoms with E-state index < -0.39 is 11.6 Å². The van der Waals surface area contributed by atoms with Crippen LogP contribution in [0.1, 0.15) is 29.7 Å². The van der Waals surface area contributed by atoms with Gasteiger partial charge in [0.15, 0.2) is 0 Å². The average Bonchev–Trinajstić information content (AvgIpc) is 2.44. The van der Waals surface area contributed by atoms with Crippen LogP contribution >= 0.6 is 15.9 Å². The van der Waals surface area contributed by atoms with Crippen molar-refractivity contribution in [3.63, 3.8) is 0 Å². The summed E-state index contributed by atoms with van der Waals surface area (Å²) in [5.74, 6) is -1.04. The normalized spacial score (nSPS) is 12.4. The van der Waals surface area contributed by atoms with Gasteiger partial charge in [0.05, 0.1) is 0 Å². The molecule has 0 aromatic heterocycles. The van der Waals surface area contributed by atoms with Crippen LogP contribution < -0.4 is 5.32 Å². The summed E-state index contributed by atoms with van der Waals surface area (Å²) in [4.78, 5) is 0. The van der Waals surface area contributed by atoms with E-state index in [1.54, 1.807) is 0 Å². The van der Waals surface area contributed by atoms with E-state index in [1.807, 2.05) is 26.0 Å². The molecule has 1 nitrogen and oxygen atoms in total. The molecule has 0 heterocycles. The van der Waals surface area contributed by atoms with Crippen molar-refractivity contribution in [1.82, 2.24) is 5.32 Å². The number of rotatable bonds is 5. The van der Waals surface area contributed by atoms with Crippen molar-refractivity contribution in [2.75, 3.05) is 6.54 Å². The monoisotopic (exact) mass is 353 g/mol. The highest BCUT2D eigenvalue weighted by Crippen LogP contribution is 2.25. The summed E-state index contributed by atoms with van der Waals surface area (Å²) in [5, 5.41) is 3.36. The molecule has 0 radical (unpaired) electrons. The molecular formula is C17H18BrF2N. The van der Waals surface area contributed by atoms with E-state index in [9.17, 15) is 8.78 Å². The second-order valence-electron chi connectivity index (χ2n) is 5.06. The molecule has 0 fully saturated rings. The van der Waals surface area contributed by atoms with Crippen molar-refractivity contribution < 1.29 is 8.78 Å². The first-order valence-corrected chi connectivity index (χ1v) is 7.74. The smallest absolute Gasteiger partial charge is 0.129 e. The standard InChI is InChI=1S/C17H18BrF2N/c1-3-21-17(13-5-7-15(18)11(2)8-13)9-12-4-6-14(19)10-16(12)20/h4-8,10,17,21H,3,9H2,1-2H3. The molecule has 1 N–H and O–H groups in total. The predicted octanol–water partition coefficient (Wildman–Crippen LogP) is 4.93. The Morgan fingerprint density at radius 3 is 2.52 bits per heavy atom. The van der Waals surface area contributed by atoms with Gasteiger partial charge in [-0.3, -0.25) is 0 Å². The third-order valence-electron chi connectivity index (χ3n) is 3.47. The lowest BCUT2D eigenvalue weighted by atomic mass is 9.97. The maximum atomic E-state index is 13.8. The minimum absolute atomic E-state index is 0.00163. The molecule has 2 aromatic rings. The Balaban J connectivity index is 2.28. The van der Waals surface area contributed by atoms with Crippen LogP contribution in [0.4, 0.5) is 8.78 Å². The highest BCUT2D eigenvalue weighted by molar-refractivity contribution is 9.10. The molecular weight excluding hydrogens is 336 g/mol. The lowest BCUT2D eigenvalue weighted by Gasteiger charge is -2.20. The lowest BCUT2D eigenvalue weighted by molar-refractivity contribution is 0.521. The lowest BCUT2D eigenvalue weighted by Crippen LogP contribution is -2.23. The fourth-order valence-electron chi connectivity index (χ4n) is 2.35. The van der Waals surface area contributed by atoms with Crippen molar-refractivity contribution in [3.8, 4) is 0 Å². The maximum Gasteiger partial charge on any atom is 0.129 e. The van der Waals surface area contributed by atoms with Crippen molar-refractivity contribution in [3.05, 3.63) is 69.2 Å². The number of likely N-dealkylation sites (N-methyl/N-ethyl adjacent to an activating group) is 1. The van der Waals surface area contributed by atoms with Crippen LogP contribution in [0.5, 0.6) is 0 Å². The van der Waals surface area contributed by atoms with Gasteiger partial charge in [-0.25, -0.2) is 8.78 Å². The molecule has 0 saturated heterocycles. The zero-order valence-electron chi connectivity index (χ0n) is 12.1. The second-order valence-corrected chi connectivity index (χ2v) is 5.91. The zero-order chi connectivity index (χ0) is 15.4. The topological polar surface area (TPSA) is 12.0 Å². The molecule has 0 aliphatic heterocycles. The summed E-state index contributed by atoms with van der Waals surface area (Å²) < 4.78 is 27.9. The summed E-state index contributed by atoms with van der Waals surface area (Å²) in [7, 11) is 0. The highest BCUT2D eigenvalue weighted by atomic mass is 79.9. The SMILES string of the molecule is CCNC(Cc1ccc(F)cc1F)c1ccc(Br)c(C)c1. The summed E-state index contributed by atoms with van der Waals surface area (Å²) in [6.45, 7) is 4.82. The van der Waals surface area contributed by atoms with Gasteiger partial charge >= 0.3 is 0 Å². The zero-order valence-corrected chi connectivity index (χ0v) is 13.7. The molecule has 0 aliphatic carbocycles. The summed E-state index contributed by atoms with van der Waals surface area (Å²) in [5.41, 5.74) is 2.75. The fourth-order valence-corrected chi connectivity index (χ4v) is 2.59. The molecule has 112 valence electrons. The third-order valence-corrected chi connectivity index (χ3v) is 4.36. The van der Waals surface area contributed by atoms with Crippen LogP contribution in [-0.4, -0.2) is 6.54 Å². The van der Waals surface area contributed by atoms with Crippen LogP contribution in [0.3, 0.4) is 0 Å². The van der Waals surface area contributed by atoms with Crippen molar-refractivity contribution in [2.24, 2.45) is 0 Å². The first kappa shape index (κ1) is 16.1. The van der Waals surface area contributed by atoms with Crippen LogP contribution in [0, 0.1) is 18.6 Å². The molecule has 1 atom stereocenters. The van der Waals surface area contributed by atoms with E-state index in [-0.39, 0.29) is 6.04 Å². The van der Waals surface area contributed by atoms with Crippen molar-refractivity contribution in [1.29, 1.82) is 0 Å². The molecule has 2 aromatic carbocycles. The van der Waals surface area contributed by atoms with E-state index in [0.29, 0.717) is 12.0 Å². The van der Waals surface area contributed by atoms with E-state index >= 15 is 0 Å². The van der Waals surface area contributed by atoms with Gasteiger partial charge in [0.2, 0.25) is 0 Å². The Morgan fingerprint density at radius 2 is 1.90 bits per heavy atom. The predicted molar refractivity (Wildman–Crippen MR) is 85.4 cm³/mol. The largest absolute Gasteiger partial charge is 0.310 e. The number of aryl methyl sites for hydroxylation is 1. The van der Waals surface area contributed by atoms with E-state index in [4.69, 9.17) is 0 Å². The second kappa shape index (κ2) is 7.14. The van der Waals surface area contributed by atoms with Gasteiger partial charge in [0.25, 0.3) is 0 Å². The van der Waals surface area contributed by atoms with Crippen molar-refractivity contribution >= 4 is 15.9 Å². The van der Waals surface area contributed by atoms with Crippen LogP contribution in [-0.2, 0) is 6.42 Å². The Hall–Kier alpha value is -1.26. The minimum Gasteiger partial charge on any atom is -0.310 e. The summed E-state index contributed by atoms with van der Waals surface area (Å²) in [6.07, 6.45) is 0.487. The molecule has 2 rings (SSSR count). The molecule has 0 aliphatic rings. The van der Waals surface area contributed by atoms with Crippen LogP contribution in [0.15, 0.2) is 40.9 Å². The Morgan fingerprint density at radius 1 is 1.14 bits per heavy atom. The first-order valence-electron chi connectivity index (χ1n) is 6.94. The number of benzene rings is 2. The van der Waals surface area contributed by atoms with Gasteiger partial charge in [-0.05, 0) is 48.7 Å². The highest BCUT2D eigenvalue weighted by Gasteiger charge is 2.15.